The maximum Gasteiger partial charge on any atom is 0.105 e. The van der Waals surface area contributed by atoms with Crippen LogP contribution in [0.1, 0.15) is 37.5 Å². The zero-order chi connectivity index (χ0) is 13.8. The van der Waals surface area contributed by atoms with Gasteiger partial charge in [0.1, 0.15) is 5.76 Å². The summed E-state index contributed by atoms with van der Waals surface area (Å²) in [6.45, 7) is 6.59. The van der Waals surface area contributed by atoms with Crippen molar-refractivity contribution in [3.8, 4) is 0 Å². The number of nitrogens with one attached hydrogen (secondary N) is 1. The average molecular weight is 264 g/mol. The van der Waals surface area contributed by atoms with Gasteiger partial charge in [-0.25, -0.2) is 0 Å². The Morgan fingerprint density at radius 2 is 2.21 bits per heavy atom. The third-order valence-corrected chi connectivity index (χ3v) is 4.57. The van der Waals surface area contributed by atoms with Gasteiger partial charge in [0.2, 0.25) is 0 Å². The molecule has 0 bridgehead atoms. The fourth-order valence-corrected chi connectivity index (χ4v) is 3.41. The third kappa shape index (κ3) is 3.83. The second kappa shape index (κ2) is 6.58. The van der Waals surface area contributed by atoms with Crippen LogP contribution in [0, 0.1) is 18.8 Å². The van der Waals surface area contributed by atoms with Gasteiger partial charge in [-0.05, 0) is 58.2 Å². The molecule has 3 unspecified atom stereocenters. The molecule has 0 aliphatic heterocycles. The monoisotopic (exact) mass is 264 g/mol. The van der Waals surface area contributed by atoms with E-state index in [1.807, 2.05) is 6.92 Å². The Kier molecular flexibility index (Phi) is 5.06. The Bertz CT molecular complexity index is 388. The Morgan fingerprint density at radius 3 is 2.84 bits per heavy atom. The van der Waals surface area contributed by atoms with E-state index in [9.17, 15) is 0 Å². The molecular weight excluding hydrogens is 236 g/mol. The highest BCUT2D eigenvalue weighted by molar-refractivity contribution is 5.15. The van der Waals surface area contributed by atoms with Gasteiger partial charge in [0.25, 0.3) is 0 Å². The topological polar surface area (TPSA) is 28.4 Å². The highest BCUT2D eigenvalue weighted by Crippen LogP contribution is 2.29. The van der Waals surface area contributed by atoms with Gasteiger partial charge in [-0.3, -0.25) is 0 Å². The first-order valence-electron chi connectivity index (χ1n) is 7.49. The first-order valence-corrected chi connectivity index (χ1v) is 7.49. The summed E-state index contributed by atoms with van der Waals surface area (Å²) in [4.78, 5) is 2.44. The van der Waals surface area contributed by atoms with Crippen LogP contribution in [0.3, 0.4) is 0 Å². The van der Waals surface area contributed by atoms with Crippen molar-refractivity contribution in [1.29, 1.82) is 0 Å². The van der Waals surface area contributed by atoms with Crippen molar-refractivity contribution in [3.63, 3.8) is 0 Å². The minimum absolute atomic E-state index is 0.684. The summed E-state index contributed by atoms with van der Waals surface area (Å²) < 4.78 is 5.38. The summed E-state index contributed by atoms with van der Waals surface area (Å²) in [7, 11) is 4.33. The summed E-state index contributed by atoms with van der Waals surface area (Å²) in [6, 6.07) is 2.77. The average Bonchev–Trinajstić information content (AvgIpc) is 2.75. The fraction of sp³-hybridized carbons (Fsp3) is 0.750. The number of furan rings is 1. The SMILES string of the molecule is CNC1CCC(C)CC1CN(C)Cc1ccoc1C. The maximum absolute atomic E-state index is 5.38. The van der Waals surface area contributed by atoms with Crippen LogP contribution in [0.15, 0.2) is 16.7 Å². The predicted molar refractivity (Wildman–Crippen MR) is 79.1 cm³/mol. The van der Waals surface area contributed by atoms with E-state index in [2.05, 4.69) is 37.3 Å². The summed E-state index contributed by atoms with van der Waals surface area (Å²) in [5, 5.41) is 3.50. The number of aryl methyl sites for hydroxylation is 1. The van der Waals surface area contributed by atoms with Crippen LogP contribution in [0.5, 0.6) is 0 Å². The normalized spacial score (nSPS) is 27.9. The molecule has 0 radical (unpaired) electrons. The molecule has 3 atom stereocenters. The first-order chi connectivity index (χ1) is 9.10. The molecule has 1 aromatic rings. The van der Waals surface area contributed by atoms with Crippen molar-refractivity contribution in [1.82, 2.24) is 10.2 Å². The lowest BCUT2D eigenvalue weighted by molar-refractivity contribution is 0.161. The summed E-state index contributed by atoms with van der Waals surface area (Å²) in [5.74, 6) is 2.69. The van der Waals surface area contributed by atoms with Crippen LogP contribution in [-0.2, 0) is 6.54 Å². The van der Waals surface area contributed by atoms with Gasteiger partial charge < -0.3 is 14.6 Å². The quantitative estimate of drug-likeness (QED) is 0.886. The summed E-state index contributed by atoms with van der Waals surface area (Å²) in [5.41, 5.74) is 1.31. The van der Waals surface area contributed by atoms with Crippen molar-refractivity contribution in [2.75, 3.05) is 20.6 Å². The van der Waals surface area contributed by atoms with E-state index < -0.39 is 0 Å². The molecule has 1 aromatic heterocycles. The lowest BCUT2D eigenvalue weighted by Crippen LogP contribution is -2.43. The van der Waals surface area contributed by atoms with Crippen LogP contribution in [0.4, 0.5) is 0 Å². The van der Waals surface area contributed by atoms with E-state index in [0.717, 1.165) is 24.1 Å². The first kappa shape index (κ1) is 14.6. The van der Waals surface area contributed by atoms with Crippen molar-refractivity contribution in [2.45, 2.75) is 45.7 Å². The summed E-state index contributed by atoms with van der Waals surface area (Å²) in [6.07, 6.45) is 5.82. The van der Waals surface area contributed by atoms with Gasteiger partial charge >= 0.3 is 0 Å². The number of hydrogen-bond donors (Lipinski definition) is 1. The zero-order valence-electron chi connectivity index (χ0n) is 12.8. The minimum atomic E-state index is 0.684. The van der Waals surface area contributed by atoms with E-state index in [-0.39, 0.29) is 0 Å². The summed E-state index contributed by atoms with van der Waals surface area (Å²) >= 11 is 0. The standard InChI is InChI=1S/C16H28N2O/c1-12-5-6-16(17-3)15(9-12)11-18(4)10-14-7-8-19-13(14)2/h7-8,12,15-17H,5-6,9-11H2,1-4H3. The van der Waals surface area contributed by atoms with Gasteiger partial charge in [0.05, 0.1) is 6.26 Å². The Balaban J connectivity index is 1.89. The third-order valence-electron chi connectivity index (χ3n) is 4.57. The number of nitrogens with zero attached hydrogens (tertiary/aromatic N) is 1. The molecule has 1 N–H and O–H groups in total. The van der Waals surface area contributed by atoms with Crippen LogP contribution in [0.25, 0.3) is 0 Å². The van der Waals surface area contributed by atoms with Gasteiger partial charge in [-0.2, -0.15) is 0 Å². The van der Waals surface area contributed by atoms with Crippen LogP contribution < -0.4 is 5.32 Å². The largest absolute Gasteiger partial charge is 0.469 e. The van der Waals surface area contributed by atoms with Gasteiger partial charge in [-0.15, -0.1) is 0 Å². The van der Waals surface area contributed by atoms with E-state index >= 15 is 0 Å². The lowest BCUT2D eigenvalue weighted by atomic mass is 9.78. The van der Waals surface area contributed by atoms with E-state index in [1.165, 1.54) is 31.4 Å². The maximum atomic E-state index is 5.38. The van der Waals surface area contributed by atoms with Crippen molar-refractivity contribution >= 4 is 0 Å². The molecule has 1 aliphatic rings. The van der Waals surface area contributed by atoms with Crippen LogP contribution in [-0.4, -0.2) is 31.6 Å². The molecule has 1 heterocycles. The number of hydrogen-bond acceptors (Lipinski definition) is 3. The molecule has 0 saturated heterocycles. The smallest absolute Gasteiger partial charge is 0.105 e. The molecule has 1 aliphatic carbocycles. The fourth-order valence-electron chi connectivity index (χ4n) is 3.41. The molecule has 0 amide bonds. The predicted octanol–water partition coefficient (Wildman–Crippen LogP) is 3.04. The highest BCUT2D eigenvalue weighted by Gasteiger charge is 2.28. The highest BCUT2D eigenvalue weighted by atomic mass is 16.3. The molecule has 0 spiro atoms. The molecule has 2 rings (SSSR count). The molecule has 3 heteroatoms. The Hall–Kier alpha value is -0.800. The van der Waals surface area contributed by atoms with Crippen LogP contribution >= 0.6 is 0 Å². The Labute approximate surface area is 117 Å². The van der Waals surface area contributed by atoms with Crippen LogP contribution in [0.2, 0.25) is 0 Å². The van der Waals surface area contributed by atoms with Gasteiger partial charge in [-0.1, -0.05) is 6.92 Å². The zero-order valence-corrected chi connectivity index (χ0v) is 12.8. The van der Waals surface area contributed by atoms with Crippen molar-refractivity contribution in [2.24, 2.45) is 11.8 Å². The lowest BCUT2D eigenvalue weighted by Gasteiger charge is -2.37. The Morgan fingerprint density at radius 1 is 1.42 bits per heavy atom. The minimum Gasteiger partial charge on any atom is -0.469 e. The van der Waals surface area contributed by atoms with E-state index in [4.69, 9.17) is 4.42 Å². The van der Waals surface area contributed by atoms with Gasteiger partial charge in [0.15, 0.2) is 0 Å². The van der Waals surface area contributed by atoms with E-state index in [0.29, 0.717) is 6.04 Å². The molecule has 3 nitrogen and oxygen atoms in total. The van der Waals surface area contributed by atoms with E-state index in [1.54, 1.807) is 6.26 Å². The van der Waals surface area contributed by atoms with Gasteiger partial charge in [0, 0.05) is 24.7 Å². The second-order valence-electron chi connectivity index (χ2n) is 6.27. The number of rotatable bonds is 5. The molecular formula is C16H28N2O. The van der Waals surface area contributed by atoms with Crippen molar-refractivity contribution in [3.05, 3.63) is 23.7 Å². The molecule has 108 valence electrons. The molecule has 0 aromatic carbocycles. The molecule has 1 fully saturated rings. The second-order valence-corrected chi connectivity index (χ2v) is 6.27. The molecule has 19 heavy (non-hydrogen) atoms. The van der Waals surface area contributed by atoms with Crippen molar-refractivity contribution < 1.29 is 4.42 Å². The molecule has 1 saturated carbocycles.